The van der Waals surface area contributed by atoms with Gasteiger partial charge in [-0.3, -0.25) is 0 Å². The Morgan fingerprint density at radius 2 is 2.05 bits per heavy atom. The SMILES string of the molecule is CC#CCCn1c(C)c(C)c2cc(CNC)ccc21. The summed E-state index contributed by atoms with van der Waals surface area (Å²) in [6.07, 6.45) is 0.916. The number of nitrogens with one attached hydrogen (secondary N) is 1. The minimum atomic E-state index is 0.916. The molecule has 19 heavy (non-hydrogen) atoms. The summed E-state index contributed by atoms with van der Waals surface area (Å²) >= 11 is 0. The van der Waals surface area contributed by atoms with E-state index in [0.717, 1.165) is 19.5 Å². The number of fused-ring (bicyclic) bond motifs is 1. The van der Waals surface area contributed by atoms with Gasteiger partial charge in [0.2, 0.25) is 0 Å². The maximum Gasteiger partial charge on any atom is 0.0485 e. The van der Waals surface area contributed by atoms with Crippen molar-refractivity contribution in [2.45, 2.75) is 40.3 Å². The summed E-state index contributed by atoms with van der Waals surface area (Å²) in [4.78, 5) is 0. The number of benzene rings is 1. The van der Waals surface area contributed by atoms with Crippen molar-refractivity contribution in [2.75, 3.05) is 7.05 Å². The highest BCUT2D eigenvalue weighted by Gasteiger charge is 2.10. The second-order valence-electron chi connectivity index (χ2n) is 4.92. The molecule has 2 heteroatoms. The fourth-order valence-corrected chi connectivity index (χ4v) is 2.59. The summed E-state index contributed by atoms with van der Waals surface area (Å²) < 4.78 is 2.39. The second kappa shape index (κ2) is 5.95. The summed E-state index contributed by atoms with van der Waals surface area (Å²) in [7, 11) is 1.98. The monoisotopic (exact) mass is 254 g/mol. The van der Waals surface area contributed by atoms with Gasteiger partial charge in [0.15, 0.2) is 0 Å². The molecule has 2 nitrogen and oxygen atoms in total. The van der Waals surface area contributed by atoms with Gasteiger partial charge in [-0.1, -0.05) is 6.07 Å². The first-order valence-electron chi connectivity index (χ1n) is 6.81. The summed E-state index contributed by atoms with van der Waals surface area (Å²) in [5.74, 6) is 6.12. The van der Waals surface area contributed by atoms with Crippen molar-refractivity contribution < 1.29 is 0 Å². The quantitative estimate of drug-likeness (QED) is 0.828. The Hall–Kier alpha value is -1.72. The summed E-state index contributed by atoms with van der Waals surface area (Å²) in [5.41, 5.74) is 5.41. The van der Waals surface area contributed by atoms with Gasteiger partial charge in [-0.25, -0.2) is 0 Å². The standard InChI is InChI=1S/C17H22N2/c1-5-6-7-10-19-14(3)13(2)16-11-15(12-18-4)8-9-17(16)19/h8-9,11,18H,7,10,12H2,1-4H3. The van der Waals surface area contributed by atoms with Crippen molar-refractivity contribution in [1.29, 1.82) is 0 Å². The highest BCUT2D eigenvalue weighted by molar-refractivity contribution is 5.86. The van der Waals surface area contributed by atoms with Crippen LogP contribution in [0.25, 0.3) is 10.9 Å². The predicted molar refractivity (Wildman–Crippen MR) is 82.2 cm³/mol. The van der Waals surface area contributed by atoms with Crippen LogP contribution >= 0.6 is 0 Å². The van der Waals surface area contributed by atoms with Crippen molar-refractivity contribution in [3.05, 3.63) is 35.0 Å². The minimum Gasteiger partial charge on any atom is -0.344 e. The van der Waals surface area contributed by atoms with Crippen LogP contribution in [0.4, 0.5) is 0 Å². The van der Waals surface area contributed by atoms with Crippen molar-refractivity contribution in [2.24, 2.45) is 0 Å². The van der Waals surface area contributed by atoms with Gasteiger partial charge in [0.1, 0.15) is 0 Å². The molecule has 0 aliphatic rings. The fraction of sp³-hybridized carbons (Fsp3) is 0.412. The van der Waals surface area contributed by atoms with Crippen LogP contribution in [-0.4, -0.2) is 11.6 Å². The Morgan fingerprint density at radius 1 is 1.26 bits per heavy atom. The van der Waals surface area contributed by atoms with Crippen LogP contribution in [0, 0.1) is 25.7 Å². The number of hydrogen-bond acceptors (Lipinski definition) is 1. The van der Waals surface area contributed by atoms with Gasteiger partial charge in [-0.15, -0.1) is 11.8 Å². The van der Waals surface area contributed by atoms with E-state index in [2.05, 4.69) is 53.8 Å². The molecule has 0 aliphatic carbocycles. The maximum absolute atomic E-state index is 3.21. The largest absolute Gasteiger partial charge is 0.344 e. The van der Waals surface area contributed by atoms with E-state index in [0.29, 0.717) is 0 Å². The molecule has 0 atom stereocenters. The van der Waals surface area contributed by atoms with Crippen LogP contribution in [-0.2, 0) is 13.1 Å². The number of aromatic nitrogens is 1. The molecule has 0 saturated heterocycles. The Balaban J connectivity index is 2.46. The fourth-order valence-electron chi connectivity index (χ4n) is 2.59. The van der Waals surface area contributed by atoms with Crippen LogP contribution in [0.5, 0.6) is 0 Å². The smallest absolute Gasteiger partial charge is 0.0485 e. The second-order valence-corrected chi connectivity index (χ2v) is 4.92. The molecular formula is C17H22N2. The predicted octanol–water partition coefficient (Wildman–Crippen LogP) is 3.39. The van der Waals surface area contributed by atoms with Crippen LogP contribution in [0.1, 0.15) is 30.2 Å². The van der Waals surface area contributed by atoms with E-state index < -0.39 is 0 Å². The van der Waals surface area contributed by atoms with Crippen LogP contribution in [0.2, 0.25) is 0 Å². The van der Waals surface area contributed by atoms with E-state index in [4.69, 9.17) is 0 Å². The number of hydrogen-bond donors (Lipinski definition) is 1. The highest BCUT2D eigenvalue weighted by Crippen LogP contribution is 2.26. The zero-order valence-corrected chi connectivity index (χ0v) is 12.3. The molecule has 0 amide bonds. The normalized spacial score (nSPS) is 10.5. The molecule has 2 aromatic rings. The van der Waals surface area contributed by atoms with Gasteiger partial charge in [-0.2, -0.15) is 0 Å². The van der Waals surface area contributed by atoms with E-state index in [-0.39, 0.29) is 0 Å². The lowest BCUT2D eigenvalue weighted by atomic mass is 10.1. The summed E-state index contributed by atoms with van der Waals surface area (Å²) in [5, 5.41) is 4.58. The molecule has 100 valence electrons. The highest BCUT2D eigenvalue weighted by atomic mass is 15.0. The zero-order valence-electron chi connectivity index (χ0n) is 12.3. The molecule has 0 saturated carbocycles. The Labute approximate surface area is 115 Å². The molecular weight excluding hydrogens is 232 g/mol. The third kappa shape index (κ3) is 2.67. The van der Waals surface area contributed by atoms with E-state index >= 15 is 0 Å². The van der Waals surface area contributed by atoms with Crippen LogP contribution in [0.15, 0.2) is 18.2 Å². The number of rotatable bonds is 4. The lowest BCUT2D eigenvalue weighted by molar-refractivity contribution is 0.723. The minimum absolute atomic E-state index is 0.916. The first kappa shape index (κ1) is 13.7. The van der Waals surface area contributed by atoms with Gasteiger partial charge < -0.3 is 9.88 Å². The molecule has 1 heterocycles. The first-order chi connectivity index (χ1) is 9.19. The Kier molecular flexibility index (Phi) is 4.29. The van der Waals surface area contributed by atoms with Crippen LogP contribution < -0.4 is 5.32 Å². The molecule has 1 N–H and O–H groups in total. The van der Waals surface area contributed by atoms with E-state index in [1.54, 1.807) is 0 Å². The summed E-state index contributed by atoms with van der Waals surface area (Å²) in [6, 6.07) is 6.75. The topological polar surface area (TPSA) is 17.0 Å². The Bertz CT molecular complexity index is 639. The van der Waals surface area contributed by atoms with Gasteiger partial charge in [-0.05, 0) is 51.1 Å². The lowest BCUT2D eigenvalue weighted by Crippen LogP contribution is -2.04. The molecule has 0 unspecified atom stereocenters. The lowest BCUT2D eigenvalue weighted by Gasteiger charge is -2.06. The van der Waals surface area contributed by atoms with Gasteiger partial charge >= 0.3 is 0 Å². The van der Waals surface area contributed by atoms with E-state index in [9.17, 15) is 0 Å². The van der Waals surface area contributed by atoms with Gasteiger partial charge in [0, 0.05) is 36.1 Å². The van der Waals surface area contributed by atoms with Crippen molar-refractivity contribution in [3.8, 4) is 11.8 Å². The average molecular weight is 254 g/mol. The maximum atomic E-state index is 3.21. The number of nitrogens with zero attached hydrogens (tertiary/aromatic N) is 1. The molecule has 0 bridgehead atoms. The number of aryl methyl sites for hydroxylation is 2. The molecule has 0 fully saturated rings. The third-order valence-electron chi connectivity index (χ3n) is 3.72. The molecule has 0 radical (unpaired) electrons. The molecule has 1 aromatic heterocycles. The zero-order chi connectivity index (χ0) is 13.8. The van der Waals surface area contributed by atoms with Crippen molar-refractivity contribution >= 4 is 10.9 Å². The molecule has 2 rings (SSSR count). The van der Waals surface area contributed by atoms with Gasteiger partial charge in [0.25, 0.3) is 0 Å². The average Bonchev–Trinajstić information content (AvgIpc) is 2.64. The van der Waals surface area contributed by atoms with Gasteiger partial charge in [0.05, 0.1) is 0 Å². The van der Waals surface area contributed by atoms with E-state index in [1.807, 2.05) is 14.0 Å². The van der Waals surface area contributed by atoms with Crippen molar-refractivity contribution in [3.63, 3.8) is 0 Å². The summed E-state index contributed by atoms with van der Waals surface area (Å²) in [6.45, 7) is 8.20. The van der Waals surface area contributed by atoms with E-state index in [1.165, 1.54) is 27.7 Å². The molecule has 0 aliphatic heterocycles. The third-order valence-corrected chi connectivity index (χ3v) is 3.72. The first-order valence-corrected chi connectivity index (χ1v) is 6.81. The van der Waals surface area contributed by atoms with Crippen LogP contribution in [0.3, 0.4) is 0 Å². The Morgan fingerprint density at radius 3 is 2.74 bits per heavy atom. The molecule has 1 aromatic carbocycles. The molecule has 0 spiro atoms. The van der Waals surface area contributed by atoms with Crippen molar-refractivity contribution in [1.82, 2.24) is 9.88 Å².